The van der Waals surface area contributed by atoms with Crippen LogP contribution in [0.5, 0.6) is 5.88 Å². The van der Waals surface area contributed by atoms with Crippen LogP contribution in [0.25, 0.3) is 5.65 Å². The molecular formula is C12H16N4O. The number of fused-ring (bicyclic) bond motifs is 1. The van der Waals surface area contributed by atoms with Crippen LogP contribution in [0, 0.1) is 0 Å². The zero-order valence-corrected chi connectivity index (χ0v) is 9.89. The van der Waals surface area contributed by atoms with Crippen molar-refractivity contribution < 1.29 is 4.74 Å². The highest BCUT2D eigenvalue weighted by Crippen LogP contribution is 2.25. The van der Waals surface area contributed by atoms with Crippen molar-refractivity contribution in [1.82, 2.24) is 19.9 Å². The second-order valence-electron chi connectivity index (χ2n) is 4.32. The Balaban J connectivity index is 2.09. The summed E-state index contributed by atoms with van der Waals surface area (Å²) in [6.45, 7) is 1.05. The van der Waals surface area contributed by atoms with Crippen molar-refractivity contribution in [3.05, 3.63) is 24.0 Å². The first-order chi connectivity index (χ1) is 8.40. The molecule has 5 nitrogen and oxygen atoms in total. The van der Waals surface area contributed by atoms with Crippen molar-refractivity contribution in [2.75, 3.05) is 13.7 Å². The summed E-state index contributed by atoms with van der Waals surface area (Å²) in [6.07, 6.45) is 3.59. The molecule has 0 bridgehead atoms. The molecule has 0 spiro atoms. The first-order valence-corrected chi connectivity index (χ1v) is 6.01. The second kappa shape index (κ2) is 4.33. The lowest BCUT2D eigenvalue weighted by molar-refractivity contribution is 0.368. The van der Waals surface area contributed by atoms with Gasteiger partial charge in [0.2, 0.25) is 5.88 Å². The number of hydrogen-bond donors (Lipinski definition) is 1. The molecule has 3 heterocycles. The quantitative estimate of drug-likeness (QED) is 0.853. The van der Waals surface area contributed by atoms with E-state index in [1.807, 2.05) is 22.6 Å². The van der Waals surface area contributed by atoms with E-state index in [-0.39, 0.29) is 6.04 Å². The Bertz CT molecular complexity index is 516. The predicted octanol–water partition coefficient (Wildman–Crippen LogP) is 1.55. The van der Waals surface area contributed by atoms with Crippen molar-refractivity contribution in [1.29, 1.82) is 0 Å². The van der Waals surface area contributed by atoms with Crippen molar-refractivity contribution in [2.45, 2.75) is 25.3 Å². The van der Waals surface area contributed by atoms with E-state index in [2.05, 4.69) is 15.5 Å². The average molecular weight is 232 g/mol. The van der Waals surface area contributed by atoms with Crippen molar-refractivity contribution >= 4 is 5.65 Å². The summed E-state index contributed by atoms with van der Waals surface area (Å²) in [6, 6.07) is 6.10. The van der Waals surface area contributed by atoms with Gasteiger partial charge in [0.1, 0.15) is 0 Å². The molecule has 2 aromatic heterocycles. The number of pyridine rings is 1. The van der Waals surface area contributed by atoms with Gasteiger partial charge < -0.3 is 10.1 Å². The van der Waals surface area contributed by atoms with Gasteiger partial charge >= 0.3 is 0 Å². The first kappa shape index (κ1) is 10.5. The van der Waals surface area contributed by atoms with Gasteiger partial charge in [0.25, 0.3) is 0 Å². The lowest BCUT2D eigenvalue weighted by Gasteiger charge is -2.22. The van der Waals surface area contributed by atoms with E-state index in [1.165, 1.54) is 12.8 Å². The van der Waals surface area contributed by atoms with Crippen LogP contribution in [-0.2, 0) is 0 Å². The Labute approximate surface area is 99.8 Å². The third kappa shape index (κ3) is 1.76. The van der Waals surface area contributed by atoms with Crippen molar-refractivity contribution in [2.24, 2.45) is 0 Å². The summed E-state index contributed by atoms with van der Waals surface area (Å²) in [5.74, 6) is 1.74. The Kier molecular flexibility index (Phi) is 2.68. The SMILES string of the molecule is COc1cccc2nnc(C3CCCCN3)n12. The lowest BCUT2D eigenvalue weighted by Crippen LogP contribution is -2.28. The molecule has 90 valence electrons. The molecule has 1 fully saturated rings. The van der Waals surface area contributed by atoms with Gasteiger partial charge in [0, 0.05) is 0 Å². The molecule has 1 unspecified atom stereocenters. The molecule has 1 atom stereocenters. The number of aromatic nitrogens is 3. The molecule has 1 aliphatic heterocycles. The molecular weight excluding hydrogens is 216 g/mol. The van der Waals surface area contributed by atoms with E-state index < -0.39 is 0 Å². The van der Waals surface area contributed by atoms with E-state index >= 15 is 0 Å². The van der Waals surface area contributed by atoms with Gasteiger partial charge in [-0.2, -0.15) is 0 Å². The summed E-state index contributed by atoms with van der Waals surface area (Å²) < 4.78 is 7.36. The third-order valence-electron chi connectivity index (χ3n) is 3.25. The van der Waals surface area contributed by atoms with Crippen LogP contribution in [0.3, 0.4) is 0 Å². The highest BCUT2D eigenvalue weighted by atomic mass is 16.5. The minimum Gasteiger partial charge on any atom is -0.482 e. The Morgan fingerprint density at radius 2 is 2.29 bits per heavy atom. The smallest absolute Gasteiger partial charge is 0.200 e. The maximum atomic E-state index is 5.37. The summed E-state index contributed by atoms with van der Waals surface area (Å²) in [7, 11) is 1.67. The van der Waals surface area contributed by atoms with E-state index in [4.69, 9.17) is 4.74 Å². The summed E-state index contributed by atoms with van der Waals surface area (Å²) in [5, 5.41) is 12.0. The lowest BCUT2D eigenvalue weighted by atomic mass is 10.0. The van der Waals surface area contributed by atoms with Gasteiger partial charge in [-0.15, -0.1) is 10.2 Å². The Hall–Kier alpha value is -1.62. The molecule has 1 saturated heterocycles. The fourth-order valence-electron chi connectivity index (χ4n) is 2.39. The fraction of sp³-hybridized carbons (Fsp3) is 0.500. The Morgan fingerprint density at radius 1 is 1.35 bits per heavy atom. The topological polar surface area (TPSA) is 51.5 Å². The van der Waals surface area contributed by atoms with Gasteiger partial charge in [0.05, 0.1) is 13.2 Å². The zero-order chi connectivity index (χ0) is 11.7. The molecule has 0 aromatic carbocycles. The molecule has 0 saturated carbocycles. The monoisotopic (exact) mass is 232 g/mol. The molecule has 0 aliphatic carbocycles. The number of rotatable bonds is 2. The number of hydrogen-bond acceptors (Lipinski definition) is 4. The molecule has 1 N–H and O–H groups in total. The highest BCUT2D eigenvalue weighted by Gasteiger charge is 2.21. The minimum absolute atomic E-state index is 0.287. The van der Waals surface area contributed by atoms with E-state index in [1.54, 1.807) is 7.11 Å². The number of methoxy groups -OCH3 is 1. The fourth-order valence-corrected chi connectivity index (χ4v) is 2.39. The third-order valence-corrected chi connectivity index (χ3v) is 3.25. The summed E-state index contributed by atoms with van der Waals surface area (Å²) in [5.41, 5.74) is 0.840. The average Bonchev–Trinajstić information content (AvgIpc) is 2.83. The molecule has 17 heavy (non-hydrogen) atoms. The van der Waals surface area contributed by atoms with Gasteiger partial charge in [0.15, 0.2) is 11.5 Å². The van der Waals surface area contributed by atoms with Crippen LogP contribution in [0.2, 0.25) is 0 Å². The summed E-state index contributed by atoms with van der Waals surface area (Å²) in [4.78, 5) is 0. The van der Waals surface area contributed by atoms with Crippen LogP contribution in [0.15, 0.2) is 18.2 Å². The molecule has 0 radical (unpaired) electrons. The predicted molar refractivity (Wildman–Crippen MR) is 64.1 cm³/mol. The molecule has 1 aliphatic rings. The van der Waals surface area contributed by atoms with Crippen molar-refractivity contribution in [3.63, 3.8) is 0 Å². The standard InChI is InChI=1S/C12H16N4O/c1-17-11-7-4-6-10-14-15-12(16(10)11)9-5-2-3-8-13-9/h4,6-7,9,13H,2-3,5,8H2,1H3. The van der Waals surface area contributed by atoms with E-state index in [0.717, 1.165) is 30.3 Å². The molecule has 5 heteroatoms. The maximum absolute atomic E-state index is 5.37. The van der Waals surface area contributed by atoms with Crippen LogP contribution < -0.4 is 10.1 Å². The van der Waals surface area contributed by atoms with Crippen LogP contribution >= 0.6 is 0 Å². The number of nitrogens with zero attached hydrogens (tertiary/aromatic N) is 3. The number of piperidine rings is 1. The molecule has 0 amide bonds. The zero-order valence-electron chi connectivity index (χ0n) is 9.89. The van der Waals surface area contributed by atoms with E-state index in [9.17, 15) is 0 Å². The second-order valence-corrected chi connectivity index (χ2v) is 4.32. The summed E-state index contributed by atoms with van der Waals surface area (Å²) >= 11 is 0. The number of ether oxygens (including phenoxy) is 1. The largest absolute Gasteiger partial charge is 0.482 e. The molecule has 2 aromatic rings. The van der Waals surface area contributed by atoms with Crippen LogP contribution in [-0.4, -0.2) is 28.3 Å². The maximum Gasteiger partial charge on any atom is 0.200 e. The van der Waals surface area contributed by atoms with Crippen LogP contribution in [0.4, 0.5) is 0 Å². The van der Waals surface area contributed by atoms with E-state index in [0.29, 0.717) is 0 Å². The molecule has 3 rings (SSSR count). The van der Waals surface area contributed by atoms with Gasteiger partial charge in [-0.05, 0) is 31.5 Å². The van der Waals surface area contributed by atoms with Gasteiger partial charge in [-0.25, -0.2) is 4.40 Å². The van der Waals surface area contributed by atoms with Crippen LogP contribution in [0.1, 0.15) is 31.1 Å². The minimum atomic E-state index is 0.287. The van der Waals surface area contributed by atoms with Gasteiger partial charge in [-0.1, -0.05) is 12.5 Å². The first-order valence-electron chi connectivity index (χ1n) is 6.01. The number of nitrogens with one attached hydrogen (secondary N) is 1. The van der Waals surface area contributed by atoms with Gasteiger partial charge in [-0.3, -0.25) is 0 Å². The highest BCUT2D eigenvalue weighted by molar-refractivity contribution is 5.42. The Morgan fingerprint density at radius 3 is 3.06 bits per heavy atom. The normalized spacial score (nSPS) is 20.6. The van der Waals surface area contributed by atoms with Crippen molar-refractivity contribution in [3.8, 4) is 5.88 Å².